The Labute approximate surface area is 106 Å². The Kier molecular flexibility index (Phi) is 3.68. The number of halogens is 1. The fourth-order valence-electron chi connectivity index (χ4n) is 1.65. The molecule has 2 rings (SSSR count). The summed E-state index contributed by atoms with van der Waals surface area (Å²) >= 11 is 0. The van der Waals surface area contributed by atoms with Gasteiger partial charge in [0.05, 0.1) is 5.56 Å². The van der Waals surface area contributed by atoms with Gasteiger partial charge in [0.1, 0.15) is 5.82 Å². The standard InChI is InChI=1S/C16H13FO/c1-12-7-9-14(15(17)11-12)16(18)10-8-13-5-3-2-4-6-13/h2-11H,1H3/b10-8+. The van der Waals surface area contributed by atoms with E-state index in [9.17, 15) is 9.18 Å². The Hall–Kier alpha value is -2.22. The van der Waals surface area contributed by atoms with Crippen molar-refractivity contribution in [3.8, 4) is 0 Å². The zero-order valence-electron chi connectivity index (χ0n) is 10.1. The Morgan fingerprint density at radius 3 is 2.50 bits per heavy atom. The fraction of sp³-hybridized carbons (Fsp3) is 0.0625. The normalized spacial score (nSPS) is 10.8. The minimum absolute atomic E-state index is 0.104. The molecule has 0 aromatic heterocycles. The second-order valence-electron chi connectivity index (χ2n) is 4.09. The summed E-state index contributed by atoms with van der Waals surface area (Å²) in [5.74, 6) is -0.797. The molecule has 0 fully saturated rings. The van der Waals surface area contributed by atoms with Crippen LogP contribution in [0.5, 0.6) is 0 Å². The maximum Gasteiger partial charge on any atom is 0.188 e. The Bertz CT molecular complexity index is 585. The highest BCUT2D eigenvalue weighted by Gasteiger charge is 2.08. The highest BCUT2D eigenvalue weighted by atomic mass is 19.1. The van der Waals surface area contributed by atoms with Crippen molar-refractivity contribution in [3.05, 3.63) is 77.1 Å². The van der Waals surface area contributed by atoms with Gasteiger partial charge >= 0.3 is 0 Å². The molecule has 2 heteroatoms. The molecule has 0 saturated carbocycles. The molecule has 0 bridgehead atoms. The molecule has 1 nitrogen and oxygen atoms in total. The number of carbonyl (C=O) groups excluding carboxylic acids is 1. The van der Waals surface area contributed by atoms with Crippen LogP contribution in [0.3, 0.4) is 0 Å². The topological polar surface area (TPSA) is 17.1 Å². The average Bonchev–Trinajstić information content (AvgIpc) is 2.37. The molecule has 2 aromatic carbocycles. The van der Waals surface area contributed by atoms with E-state index < -0.39 is 5.82 Å². The van der Waals surface area contributed by atoms with E-state index >= 15 is 0 Å². The van der Waals surface area contributed by atoms with E-state index in [0.717, 1.165) is 11.1 Å². The van der Waals surface area contributed by atoms with Gasteiger partial charge in [-0.2, -0.15) is 0 Å². The van der Waals surface area contributed by atoms with Crippen LogP contribution in [0.2, 0.25) is 0 Å². The number of aryl methyl sites for hydroxylation is 1. The van der Waals surface area contributed by atoms with Gasteiger partial charge in [-0.05, 0) is 36.3 Å². The van der Waals surface area contributed by atoms with Crippen LogP contribution in [0.15, 0.2) is 54.6 Å². The summed E-state index contributed by atoms with van der Waals surface area (Å²) in [7, 11) is 0. The first-order valence-corrected chi connectivity index (χ1v) is 5.70. The number of hydrogen-bond donors (Lipinski definition) is 0. The lowest BCUT2D eigenvalue weighted by Gasteiger charge is -1.99. The number of ketones is 1. The first-order chi connectivity index (χ1) is 8.66. The molecule has 0 amide bonds. The monoisotopic (exact) mass is 240 g/mol. The minimum atomic E-state index is -0.474. The van der Waals surface area contributed by atoms with Crippen LogP contribution in [-0.2, 0) is 0 Å². The van der Waals surface area contributed by atoms with Crippen LogP contribution in [0.4, 0.5) is 4.39 Å². The average molecular weight is 240 g/mol. The molecule has 18 heavy (non-hydrogen) atoms. The predicted molar refractivity (Wildman–Crippen MR) is 70.9 cm³/mol. The molecule has 0 aliphatic carbocycles. The van der Waals surface area contributed by atoms with Crippen molar-refractivity contribution in [3.63, 3.8) is 0 Å². The van der Waals surface area contributed by atoms with Crippen LogP contribution in [0.1, 0.15) is 21.5 Å². The molecule has 0 saturated heterocycles. The molecule has 0 aliphatic heterocycles. The zero-order valence-corrected chi connectivity index (χ0v) is 10.1. The summed E-state index contributed by atoms with van der Waals surface area (Å²) in [6, 6.07) is 14.1. The van der Waals surface area contributed by atoms with Crippen molar-refractivity contribution in [2.45, 2.75) is 6.92 Å². The summed E-state index contributed by atoms with van der Waals surface area (Å²) in [6.45, 7) is 1.79. The quantitative estimate of drug-likeness (QED) is 0.584. The van der Waals surface area contributed by atoms with E-state index in [1.54, 1.807) is 19.1 Å². The number of benzene rings is 2. The van der Waals surface area contributed by atoms with Gasteiger partial charge in [0.2, 0.25) is 0 Å². The third kappa shape index (κ3) is 2.92. The van der Waals surface area contributed by atoms with E-state index in [1.807, 2.05) is 30.3 Å². The zero-order chi connectivity index (χ0) is 13.0. The maximum atomic E-state index is 13.6. The van der Waals surface area contributed by atoms with Gasteiger partial charge in [-0.1, -0.05) is 42.5 Å². The molecule has 0 spiro atoms. The Morgan fingerprint density at radius 1 is 1.11 bits per heavy atom. The van der Waals surface area contributed by atoms with Crippen LogP contribution in [0, 0.1) is 12.7 Å². The van der Waals surface area contributed by atoms with Gasteiger partial charge in [-0.3, -0.25) is 4.79 Å². The van der Waals surface area contributed by atoms with Crippen molar-refractivity contribution in [2.75, 3.05) is 0 Å². The van der Waals surface area contributed by atoms with Crippen molar-refractivity contribution in [1.82, 2.24) is 0 Å². The third-order valence-corrected chi connectivity index (χ3v) is 2.62. The summed E-state index contributed by atoms with van der Waals surface area (Å²) < 4.78 is 13.6. The molecule has 90 valence electrons. The summed E-state index contributed by atoms with van der Waals surface area (Å²) in [5, 5.41) is 0. The lowest BCUT2D eigenvalue weighted by atomic mass is 10.1. The first kappa shape index (κ1) is 12.2. The largest absolute Gasteiger partial charge is 0.289 e. The van der Waals surface area contributed by atoms with Crippen molar-refractivity contribution in [2.24, 2.45) is 0 Å². The van der Waals surface area contributed by atoms with E-state index in [-0.39, 0.29) is 11.3 Å². The van der Waals surface area contributed by atoms with Gasteiger partial charge in [-0.15, -0.1) is 0 Å². The SMILES string of the molecule is Cc1ccc(C(=O)/C=C/c2ccccc2)c(F)c1. The van der Waals surface area contributed by atoms with E-state index in [2.05, 4.69) is 0 Å². The third-order valence-electron chi connectivity index (χ3n) is 2.62. The smallest absolute Gasteiger partial charge is 0.188 e. The molecule has 0 atom stereocenters. The molecule has 0 heterocycles. The van der Waals surface area contributed by atoms with Crippen LogP contribution >= 0.6 is 0 Å². The number of hydrogen-bond acceptors (Lipinski definition) is 1. The number of rotatable bonds is 3. The lowest BCUT2D eigenvalue weighted by molar-refractivity contribution is 0.104. The van der Waals surface area contributed by atoms with Crippen LogP contribution < -0.4 is 0 Å². The molecule has 0 radical (unpaired) electrons. The summed E-state index contributed by atoms with van der Waals surface area (Å²) in [6.07, 6.45) is 3.07. The summed E-state index contributed by atoms with van der Waals surface area (Å²) in [5.41, 5.74) is 1.82. The maximum absolute atomic E-state index is 13.6. The molecule has 0 N–H and O–H groups in total. The highest BCUT2D eigenvalue weighted by molar-refractivity contribution is 6.07. The van der Waals surface area contributed by atoms with Crippen LogP contribution in [-0.4, -0.2) is 5.78 Å². The van der Waals surface area contributed by atoms with E-state index in [4.69, 9.17) is 0 Å². The minimum Gasteiger partial charge on any atom is -0.289 e. The predicted octanol–water partition coefficient (Wildman–Crippen LogP) is 4.03. The lowest BCUT2D eigenvalue weighted by Crippen LogP contribution is -1.98. The molecule has 2 aromatic rings. The first-order valence-electron chi connectivity index (χ1n) is 5.70. The molecular weight excluding hydrogens is 227 g/mol. The second kappa shape index (κ2) is 5.41. The van der Waals surface area contributed by atoms with Gasteiger partial charge in [0.25, 0.3) is 0 Å². The summed E-state index contributed by atoms with van der Waals surface area (Å²) in [4.78, 5) is 11.8. The van der Waals surface area contributed by atoms with Gasteiger partial charge in [0, 0.05) is 0 Å². The van der Waals surface area contributed by atoms with Gasteiger partial charge in [0.15, 0.2) is 5.78 Å². The van der Waals surface area contributed by atoms with E-state index in [0.29, 0.717) is 0 Å². The van der Waals surface area contributed by atoms with E-state index in [1.165, 1.54) is 18.2 Å². The molecular formula is C16H13FO. The van der Waals surface area contributed by atoms with Crippen molar-refractivity contribution in [1.29, 1.82) is 0 Å². The van der Waals surface area contributed by atoms with Gasteiger partial charge in [-0.25, -0.2) is 4.39 Å². The Morgan fingerprint density at radius 2 is 1.83 bits per heavy atom. The van der Waals surface area contributed by atoms with Crippen molar-refractivity contribution < 1.29 is 9.18 Å². The molecule has 0 unspecified atom stereocenters. The van der Waals surface area contributed by atoms with Crippen LogP contribution in [0.25, 0.3) is 6.08 Å². The van der Waals surface area contributed by atoms with Gasteiger partial charge < -0.3 is 0 Å². The van der Waals surface area contributed by atoms with Crippen molar-refractivity contribution >= 4 is 11.9 Å². The molecule has 0 aliphatic rings. The highest BCUT2D eigenvalue weighted by Crippen LogP contribution is 2.12. The fourth-order valence-corrected chi connectivity index (χ4v) is 1.65. The number of carbonyl (C=O) groups is 1. The number of allylic oxidation sites excluding steroid dienone is 1. The Balaban J connectivity index is 2.20. The second-order valence-corrected chi connectivity index (χ2v) is 4.09.